The summed E-state index contributed by atoms with van der Waals surface area (Å²) in [5.41, 5.74) is 5.49. The molecule has 3 aromatic carbocycles. The number of nitrogens with one attached hydrogen (secondary N) is 2. The number of hydrogen-bond acceptors (Lipinski definition) is 4. The van der Waals surface area contributed by atoms with Crippen LogP contribution in [0.1, 0.15) is 23.6 Å². The maximum Gasteiger partial charge on any atom is 0.329 e. The van der Waals surface area contributed by atoms with E-state index in [0.717, 1.165) is 17.5 Å². The summed E-state index contributed by atoms with van der Waals surface area (Å²) in [5, 5.41) is 7.02. The summed E-state index contributed by atoms with van der Waals surface area (Å²) in [6.07, 6.45) is 2.33. The number of benzene rings is 3. The largest absolute Gasteiger partial charge is 0.489 e. The molecule has 158 valence electrons. The van der Waals surface area contributed by atoms with Gasteiger partial charge >= 0.3 is 11.8 Å². The number of aryl methyl sites for hydroxylation is 1. The minimum absolute atomic E-state index is 0.330. The van der Waals surface area contributed by atoms with Crippen molar-refractivity contribution in [3.05, 3.63) is 94.5 Å². The predicted octanol–water partition coefficient (Wildman–Crippen LogP) is 4.57. The van der Waals surface area contributed by atoms with E-state index < -0.39 is 11.8 Å². The van der Waals surface area contributed by atoms with E-state index in [-0.39, 0.29) is 0 Å². The zero-order valence-electron chi connectivity index (χ0n) is 17.0. The predicted molar refractivity (Wildman–Crippen MR) is 122 cm³/mol. The lowest BCUT2D eigenvalue weighted by atomic mass is 10.1. The van der Waals surface area contributed by atoms with Gasteiger partial charge in [0.05, 0.1) is 6.21 Å². The van der Waals surface area contributed by atoms with Crippen LogP contribution in [0.5, 0.6) is 5.75 Å². The highest BCUT2D eigenvalue weighted by Gasteiger charge is 2.12. The van der Waals surface area contributed by atoms with E-state index in [1.807, 2.05) is 49.4 Å². The Bertz CT molecular complexity index is 1080. The number of hydrazone groups is 1. The molecule has 0 fully saturated rings. The van der Waals surface area contributed by atoms with Crippen molar-refractivity contribution in [3.63, 3.8) is 0 Å². The molecular formula is C24H22ClN3O3. The maximum atomic E-state index is 12.0. The second kappa shape index (κ2) is 10.9. The number of hydrogen-bond donors (Lipinski definition) is 2. The van der Waals surface area contributed by atoms with Crippen LogP contribution in [0.3, 0.4) is 0 Å². The summed E-state index contributed by atoms with van der Waals surface area (Å²) in [7, 11) is 0. The van der Waals surface area contributed by atoms with Crippen molar-refractivity contribution in [2.45, 2.75) is 20.0 Å². The number of amides is 2. The Hall–Kier alpha value is -3.64. The highest BCUT2D eigenvalue weighted by atomic mass is 35.5. The molecule has 31 heavy (non-hydrogen) atoms. The molecule has 0 bridgehead atoms. The molecule has 2 amide bonds. The van der Waals surface area contributed by atoms with Crippen LogP contribution in [0.2, 0.25) is 5.02 Å². The molecule has 7 heteroatoms. The summed E-state index contributed by atoms with van der Waals surface area (Å²) in [4.78, 5) is 23.9. The van der Waals surface area contributed by atoms with E-state index in [0.29, 0.717) is 28.6 Å². The molecule has 0 radical (unpaired) electrons. The van der Waals surface area contributed by atoms with Crippen LogP contribution in [0.4, 0.5) is 5.69 Å². The van der Waals surface area contributed by atoms with Gasteiger partial charge in [-0.1, -0.05) is 61.0 Å². The normalized spacial score (nSPS) is 10.6. The molecule has 2 N–H and O–H groups in total. The molecule has 0 aromatic heterocycles. The molecule has 0 aliphatic rings. The first-order valence-corrected chi connectivity index (χ1v) is 10.1. The Kier molecular flexibility index (Phi) is 7.79. The van der Waals surface area contributed by atoms with Gasteiger partial charge in [-0.05, 0) is 47.9 Å². The Morgan fingerprint density at radius 3 is 2.52 bits per heavy atom. The van der Waals surface area contributed by atoms with E-state index in [4.69, 9.17) is 16.3 Å². The first-order valence-electron chi connectivity index (χ1n) is 9.74. The van der Waals surface area contributed by atoms with Crippen LogP contribution in [0, 0.1) is 0 Å². The second-order valence-electron chi connectivity index (χ2n) is 6.66. The number of nitrogens with zero attached hydrogens (tertiary/aromatic N) is 1. The van der Waals surface area contributed by atoms with E-state index in [9.17, 15) is 9.59 Å². The van der Waals surface area contributed by atoms with Gasteiger partial charge < -0.3 is 10.1 Å². The maximum absolute atomic E-state index is 12.0. The van der Waals surface area contributed by atoms with Gasteiger partial charge in [0, 0.05) is 16.3 Å². The molecule has 0 atom stereocenters. The number of ether oxygens (including phenoxy) is 1. The number of rotatable bonds is 7. The molecular weight excluding hydrogens is 414 g/mol. The lowest BCUT2D eigenvalue weighted by Gasteiger charge is -2.08. The smallest absolute Gasteiger partial charge is 0.329 e. The zero-order chi connectivity index (χ0) is 22.1. The monoisotopic (exact) mass is 435 g/mol. The lowest BCUT2D eigenvalue weighted by Crippen LogP contribution is -2.32. The first kappa shape index (κ1) is 22.1. The highest BCUT2D eigenvalue weighted by Crippen LogP contribution is 2.19. The summed E-state index contributed by atoms with van der Waals surface area (Å²) in [6, 6.07) is 21.9. The fourth-order valence-corrected chi connectivity index (χ4v) is 2.88. The van der Waals surface area contributed by atoms with Crippen molar-refractivity contribution < 1.29 is 14.3 Å². The fourth-order valence-electron chi connectivity index (χ4n) is 2.69. The summed E-state index contributed by atoms with van der Waals surface area (Å²) in [6.45, 7) is 2.37. The van der Waals surface area contributed by atoms with Crippen molar-refractivity contribution in [3.8, 4) is 5.75 Å². The summed E-state index contributed by atoms with van der Waals surface area (Å²) >= 11 is 6.14. The average Bonchev–Trinajstić information content (AvgIpc) is 2.79. The Morgan fingerprint density at radius 2 is 1.77 bits per heavy atom. The molecule has 6 nitrogen and oxygen atoms in total. The number of carbonyl (C=O) groups is 2. The molecule has 0 spiro atoms. The Balaban J connectivity index is 1.51. The third-order valence-electron chi connectivity index (χ3n) is 4.42. The molecule has 3 aromatic rings. The van der Waals surface area contributed by atoms with Crippen LogP contribution in [0.25, 0.3) is 0 Å². The Morgan fingerprint density at radius 1 is 1.00 bits per heavy atom. The van der Waals surface area contributed by atoms with Crippen molar-refractivity contribution >= 4 is 35.3 Å². The zero-order valence-corrected chi connectivity index (χ0v) is 17.7. The molecule has 0 heterocycles. The standard InChI is InChI=1S/C24H22ClN3O3/c1-2-17-10-12-20(13-11-17)27-23(29)24(30)28-26-15-18-6-5-8-21(14-18)31-16-19-7-3-4-9-22(19)25/h3-15H,2,16H2,1H3,(H,27,29)(H,28,30)/b26-15-. The number of halogens is 1. The minimum atomic E-state index is -0.859. The minimum Gasteiger partial charge on any atom is -0.489 e. The fraction of sp³-hybridized carbons (Fsp3) is 0.125. The van der Waals surface area contributed by atoms with E-state index >= 15 is 0 Å². The molecule has 3 rings (SSSR count). The number of anilines is 1. The van der Waals surface area contributed by atoms with Gasteiger partial charge in [-0.15, -0.1) is 0 Å². The van der Waals surface area contributed by atoms with Gasteiger partial charge in [-0.3, -0.25) is 9.59 Å². The van der Waals surface area contributed by atoms with Gasteiger partial charge in [-0.2, -0.15) is 5.10 Å². The average molecular weight is 436 g/mol. The van der Waals surface area contributed by atoms with E-state index in [1.54, 1.807) is 30.3 Å². The topological polar surface area (TPSA) is 79.8 Å². The number of carbonyl (C=O) groups excluding carboxylic acids is 2. The van der Waals surface area contributed by atoms with Gasteiger partial charge in [0.2, 0.25) is 0 Å². The van der Waals surface area contributed by atoms with Crippen LogP contribution in [-0.2, 0) is 22.6 Å². The van der Waals surface area contributed by atoms with Gasteiger partial charge in [-0.25, -0.2) is 5.43 Å². The van der Waals surface area contributed by atoms with E-state index in [1.165, 1.54) is 6.21 Å². The molecule has 0 saturated heterocycles. The Labute approximate surface area is 185 Å². The molecule has 0 aliphatic heterocycles. The molecule has 0 unspecified atom stereocenters. The van der Waals surface area contributed by atoms with Crippen molar-refractivity contribution in [1.82, 2.24) is 5.43 Å². The van der Waals surface area contributed by atoms with Crippen molar-refractivity contribution in [2.24, 2.45) is 5.10 Å². The van der Waals surface area contributed by atoms with Gasteiger partial charge in [0.25, 0.3) is 0 Å². The third kappa shape index (κ3) is 6.69. The molecule has 0 saturated carbocycles. The van der Waals surface area contributed by atoms with Crippen LogP contribution >= 0.6 is 11.6 Å². The van der Waals surface area contributed by atoms with Crippen LogP contribution < -0.4 is 15.5 Å². The van der Waals surface area contributed by atoms with Gasteiger partial charge in [0.15, 0.2) is 0 Å². The summed E-state index contributed by atoms with van der Waals surface area (Å²) < 4.78 is 5.76. The van der Waals surface area contributed by atoms with E-state index in [2.05, 4.69) is 15.8 Å². The third-order valence-corrected chi connectivity index (χ3v) is 4.78. The van der Waals surface area contributed by atoms with Crippen LogP contribution in [0.15, 0.2) is 77.9 Å². The highest BCUT2D eigenvalue weighted by molar-refractivity contribution is 6.39. The van der Waals surface area contributed by atoms with Crippen molar-refractivity contribution in [1.29, 1.82) is 0 Å². The quantitative estimate of drug-likeness (QED) is 0.324. The molecule has 0 aliphatic carbocycles. The van der Waals surface area contributed by atoms with Crippen LogP contribution in [-0.4, -0.2) is 18.0 Å². The summed E-state index contributed by atoms with van der Waals surface area (Å²) in [5.74, 6) is -1.02. The second-order valence-corrected chi connectivity index (χ2v) is 7.06. The first-order chi connectivity index (χ1) is 15.0. The van der Waals surface area contributed by atoms with Crippen molar-refractivity contribution in [2.75, 3.05) is 5.32 Å². The lowest BCUT2D eigenvalue weighted by molar-refractivity contribution is -0.136. The SMILES string of the molecule is CCc1ccc(NC(=O)C(=O)N/N=C\c2cccc(OCc3ccccc3Cl)c2)cc1. The van der Waals surface area contributed by atoms with Gasteiger partial charge in [0.1, 0.15) is 12.4 Å².